The number of halogens is 1. The van der Waals surface area contributed by atoms with Crippen molar-refractivity contribution in [3.8, 4) is 0 Å². The molecule has 0 heterocycles. The lowest BCUT2D eigenvalue weighted by Crippen LogP contribution is -2.53. The Bertz CT molecular complexity index is 1100. The number of rotatable bonds is 10. The van der Waals surface area contributed by atoms with Crippen LogP contribution < -0.4 is 9.62 Å². The van der Waals surface area contributed by atoms with Crippen molar-refractivity contribution in [1.82, 2.24) is 10.2 Å². The van der Waals surface area contributed by atoms with E-state index in [1.54, 1.807) is 31.2 Å². The van der Waals surface area contributed by atoms with E-state index in [1.807, 2.05) is 30.3 Å². The molecule has 1 atom stereocenters. The molecule has 2 aromatic carbocycles. The van der Waals surface area contributed by atoms with Crippen LogP contribution in [0.4, 0.5) is 5.69 Å². The fraction of sp³-hybridized carbons (Fsp3) is 0.462. The summed E-state index contributed by atoms with van der Waals surface area (Å²) in [4.78, 5) is 28.2. The molecular formula is C26H34BrN3O4S. The van der Waals surface area contributed by atoms with E-state index in [9.17, 15) is 18.0 Å². The summed E-state index contributed by atoms with van der Waals surface area (Å²) < 4.78 is 26.9. The maximum Gasteiger partial charge on any atom is 0.244 e. The monoisotopic (exact) mass is 563 g/mol. The van der Waals surface area contributed by atoms with Gasteiger partial charge in [0.05, 0.1) is 11.9 Å². The minimum Gasteiger partial charge on any atom is -0.352 e. The van der Waals surface area contributed by atoms with Crippen LogP contribution in [0, 0.1) is 0 Å². The molecule has 2 aromatic rings. The van der Waals surface area contributed by atoms with Crippen LogP contribution in [0.25, 0.3) is 0 Å². The molecule has 0 saturated heterocycles. The van der Waals surface area contributed by atoms with E-state index in [-0.39, 0.29) is 11.9 Å². The Morgan fingerprint density at radius 3 is 2.29 bits per heavy atom. The van der Waals surface area contributed by atoms with Crippen molar-refractivity contribution >= 4 is 43.5 Å². The first-order chi connectivity index (χ1) is 16.7. The van der Waals surface area contributed by atoms with Gasteiger partial charge in [0.25, 0.3) is 0 Å². The predicted octanol–water partition coefficient (Wildman–Crippen LogP) is 4.12. The minimum absolute atomic E-state index is 0.123. The SMILES string of the molecule is C[C@H](C(=O)NC1CCCCC1)N(CCc1ccccc1)C(=O)CN(c1ccccc1Br)S(C)(=O)=O. The van der Waals surface area contributed by atoms with Crippen molar-refractivity contribution in [1.29, 1.82) is 0 Å². The molecule has 0 spiro atoms. The summed E-state index contributed by atoms with van der Waals surface area (Å²) in [5.41, 5.74) is 1.42. The van der Waals surface area contributed by atoms with E-state index in [0.717, 1.165) is 41.8 Å². The molecular weight excluding hydrogens is 530 g/mol. The van der Waals surface area contributed by atoms with E-state index >= 15 is 0 Å². The molecule has 0 unspecified atom stereocenters. The molecule has 2 amide bonds. The molecule has 1 aliphatic rings. The zero-order valence-electron chi connectivity index (χ0n) is 20.3. The largest absolute Gasteiger partial charge is 0.352 e. The Kier molecular flexibility index (Phi) is 9.74. The first kappa shape index (κ1) is 27.2. The van der Waals surface area contributed by atoms with Crippen molar-refractivity contribution in [2.24, 2.45) is 0 Å². The molecule has 7 nitrogen and oxygen atoms in total. The average molecular weight is 565 g/mol. The van der Waals surface area contributed by atoms with Gasteiger partial charge in [-0.1, -0.05) is 61.7 Å². The fourth-order valence-corrected chi connectivity index (χ4v) is 5.87. The lowest BCUT2D eigenvalue weighted by atomic mass is 9.95. The lowest BCUT2D eigenvalue weighted by molar-refractivity contribution is -0.139. The lowest BCUT2D eigenvalue weighted by Gasteiger charge is -2.33. The van der Waals surface area contributed by atoms with Gasteiger partial charge in [0.1, 0.15) is 12.6 Å². The molecule has 0 aromatic heterocycles. The molecule has 0 radical (unpaired) electrons. The summed E-state index contributed by atoms with van der Waals surface area (Å²) >= 11 is 3.39. The smallest absolute Gasteiger partial charge is 0.244 e. The van der Waals surface area contributed by atoms with Crippen LogP contribution in [0.5, 0.6) is 0 Å². The Morgan fingerprint density at radius 2 is 1.66 bits per heavy atom. The van der Waals surface area contributed by atoms with E-state index in [0.29, 0.717) is 23.1 Å². The van der Waals surface area contributed by atoms with Gasteiger partial charge in [-0.05, 0) is 59.8 Å². The number of amides is 2. The van der Waals surface area contributed by atoms with Crippen LogP contribution >= 0.6 is 15.9 Å². The molecule has 9 heteroatoms. The van der Waals surface area contributed by atoms with Crippen LogP contribution in [-0.2, 0) is 26.0 Å². The summed E-state index contributed by atoms with van der Waals surface area (Å²) in [5, 5.41) is 3.10. The minimum atomic E-state index is -3.75. The van der Waals surface area contributed by atoms with E-state index < -0.39 is 28.5 Å². The van der Waals surface area contributed by atoms with Gasteiger partial charge in [0, 0.05) is 17.1 Å². The van der Waals surface area contributed by atoms with Crippen molar-refractivity contribution in [2.75, 3.05) is 23.7 Å². The molecule has 1 N–H and O–H groups in total. The highest BCUT2D eigenvalue weighted by Crippen LogP contribution is 2.28. The van der Waals surface area contributed by atoms with Crippen LogP contribution in [0.15, 0.2) is 59.1 Å². The number of para-hydroxylation sites is 1. The van der Waals surface area contributed by atoms with Gasteiger partial charge < -0.3 is 10.2 Å². The molecule has 1 fully saturated rings. The van der Waals surface area contributed by atoms with Gasteiger partial charge in [0.2, 0.25) is 21.8 Å². The Morgan fingerprint density at radius 1 is 1.03 bits per heavy atom. The fourth-order valence-electron chi connectivity index (χ4n) is 4.39. The number of nitrogens with zero attached hydrogens (tertiary/aromatic N) is 2. The second-order valence-corrected chi connectivity index (χ2v) is 11.8. The number of sulfonamides is 1. The van der Waals surface area contributed by atoms with Crippen LogP contribution in [0.3, 0.4) is 0 Å². The molecule has 0 aliphatic heterocycles. The van der Waals surface area contributed by atoms with Gasteiger partial charge in [-0.15, -0.1) is 0 Å². The van der Waals surface area contributed by atoms with Crippen molar-refractivity contribution in [2.45, 2.75) is 57.5 Å². The van der Waals surface area contributed by atoms with E-state index in [1.165, 1.54) is 11.3 Å². The third-order valence-electron chi connectivity index (χ3n) is 6.40. The van der Waals surface area contributed by atoms with Gasteiger partial charge >= 0.3 is 0 Å². The molecule has 35 heavy (non-hydrogen) atoms. The molecule has 0 bridgehead atoms. The number of anilines is 1. The zero-order valence-corrected chi connectivity index (χ0v) is 22.7. The molecule has 3 rings (SSSR count). The van der Waals surface area contributed by atoms with E-state index in [4.69, 9.17) is 0 Å². The highest BCUT2D eigenvalue weighted by molar-refractivity contribution is 9.10. The van der Waals surface area contributed by atoms with Gasteiger partial charge in [-0.3, -0.25) is 13.9 Å². The Labute approximate surface area is 217 Å². The highest BCUT2D eigenvalue weighted by Gasteiger charge is 2.31. The highest BCUT2D eigenvalue weighted by atomic mass is 79.9. The molecule has 190 valence electrons. The number of benzene rings is 2. The maximum absolute atomic E-state index is 13.6. The predicted molar refractivity (Wildman–Crippen MR) is 143 cm³/mol. The van der Waals surface area contributed by atoms with Crippen LogP contribution in [0.2, 0.25) is 0 Å². The summed E-state index contributed by atoms with van der Waals surface area (Å²) in [6.45, 7) is 1.62. The number of hydrogen-bond donors (Lipinski definition) is 1. The number of nitrogens with one attached hydrogen (secondary N) is 1. The molecule has 1 aliphatic carbocycles. The Balaban J connectivity index is 1.82. The third kappa shape index (κ3) is 7.80. The second-order valence-electron chi connectivity index (χ2n) is 9.06. The van der Waals surface area contributed by atoms with Gasteiger partial charge in [-0.2, -0.15) is 0 Å². The van der Waals surface area contributed by atoms with Crippen LogP contribution in [0.1, 0.15) is 44.6 Å². The van der Waals surface area contributed by atoms with Crippen LogP contribution in [-0.4, -0.2) is 56.6 Å². The Hall–Kier alpha value is -2.39. The van der Waals surface area contributed by atoms with Crippen molar-refractivity contribution in [3.05, 3.63) is 64.6 Å². The van der Waals surface area contributed by atoms with Crippen molar-refractivity contribution in [3.63, 3.8) is 0 Å². The normalized spacial score (nSPS) is 15.3. The van der Waals surface area contributed by atoms with Gasteiger partial charge in [-0.25, -0.2) is 8.42 Å². The molecule has 1 saturated carbocycles. The number of carbonyl (C=O) groups is 2. The first-order valence-corrected chi connectivity index (χ1v) is 14.7. The number of carbonyl (C=O) groups excluding carboxylic acids is 2. The summed E-state index contributed by atoms with van der Waals surface area (Å²) in [5.74, 6) is -0.626. The summed E-state index contributed by atoms with van der Waals surface area (Å²) in [6.07, 6.45) is 6.88. The summed E-state index contributed by atoms with van der Waals surface area (Å²) in [6, 6.07) is 16.0. The standard InChI is InChI=1S/C26H34BrN3O4S/c1-20(26(32)28-22-13-7-4-8-14-22)29(18-17-21-11-5-3-6-12-21)25(31)19-30(35(2,33)34)24-16-10-9-15-23(24)27/h3,5-6,9-12,15-16,20,22H,4,7-8,13-14,17-19H2,1-2H3,(H,28,32)/t20-/m1/s1. The second kappa shape index (κ2) is 12.5. The summed E-state index contributed by atoms with van der Waals surface area (Å²) in [7, 11) is -3.75. The average Bonchev–Trinajstić information content (AvgIpc) is 2.83. The van der Waals surface area contributed by atoms with Crippen molar-refractivity contribution < 1.29 is 18.0 Å². The zero-order chi connectivity index (χ0) is 25.4. The number of hydrogen-bond acceptors (Lipinski definition) is 4. The first-order valence-electron chi connectivity index (χ1n) is 12.0. The maximum atomic E-state index is 13.6. The third-order valence-corrected chi connectivity index (χ3v) is 8.20. The topological polar surface area (TPSA) is 86.8 Å². The quantitative estimate of drug-likeness (QED) is 0.471. The van der Waals surface area contributed by atoms with E-state index in [2.05, 4.69) is 21.2 Å². The van der Waals surface area contributed by atoms with Gasteiger partial charge in [0.15, 0.2) is 0 Å².